The highest BCUT2D eigenvalue weighted by molar-refractivity contribution is 7.99. The molecule has 0 unspecified atom stereocenters. The predicted octanol–water partition coefficient (Wildman–Crippen LogP) is 5.27. The van der Waals surface area contributed by atoms with Crippen molar-refractivity contribution < 1.29 is 4.79 Å². The van der Waals surface area contributed by atoms with E-state index in [9.17, 15) is 4.79 Å². The number of carbonyl (C=O) groups excluding carboxylic acids is 1. The van der Waals surface area contributed by atoms with Crippen LogP contribution in [0.15, 0.2) is 40.9 Å². The summed E-state index contributed by atoms with van der Waals surface area (Å²) in [5, 5.41) is 14.7. The molecule has 0 aliphatic carbocycles. The van der Waals surface area contributed by atoms with Gasteiger partial charge in [0.15, 0.2) is 11.0 Å². The van der Waals surface area contributed by atoms with Crippen molar-refractivity contribution in [1.82, 2.24) is 14.8 Å². The smallest absolute Gasteiger partial charge is 0.234 e. The molecule has 0 spiro atoms. The van der Waals surface area contributed by atoms with Crippen LogP contribution in [0.1, 0.15) is 37.6 Å². The Morgan fingerprint density at radius 1 is 1.18 bits per heavy atom. The Bertz CT molecular complexity index is 932. The second kappa shape index (κ2) is 9.89. The maximum atomic E-state index is 12.5. The number of amides is 1. The zero-order chi connectivity index (χ0) is 19.9. The predicted molar refractivity (Wildman–Crippen MR) is 118 cm³/mol. The van der Waals surface area contributed by atoms with Gasteiger partial charge in [-0.05, 0) is 37.0 Å². The SMILES string of the molecule is CCCn1c(SCC(=O)Nc2ccccc2CC)nnc1-c1csc(CC)c1. The number of aryl methyl sites for hydroxylation is 2. The summed E-state index contributed by atoms with van der Waals surface area (Å²) in [5.41, 5.74) is 3.13. The normalized spacial score (nSPS) is 11.0. The number of hydrogen-bond donors (Lipinski definition) is 1. The Morgan fingerprint density at radius 2 is 2.00 bits per heavy atom. The third kappa shape index (κ3) is 4.83. The summed E-state index contributed by atoms with van der Waals surface area (Å²) in [6.45, 7) is 7.21. The van der Waals surface area contributed by atoms with Crippen LogP contribution in [0.5, 0.6) is 0 Å². The first-order chi connectivity index (χ1) is 13.7. The second-order valence-electron chi connectivity index (χ2n) is 6.46. The van der Waals surface area contributed by atoms with E-state index in [1.165, 1.54) is 16.6 Å². The average molecular weight is 415 g/mol. The molecule has 1 amide bonds. The first-order valence-electron chi connectivity index (χ1n) is 9.67. The van der Waals surface area contributed by atoms with Gasteiger partial charge in [0.1, 0.15) is 0 Å². The molecule has 0 saturated heterocycles. The molecular weight excluding hydrogens is 388 g/mol. The quantitative estimate of drug-likeness (QED) is 0.484. The van der Waals surface area contributed by atoms with Crippen LogP contribution in [0.4, 0.5) is 5.69 Å². The van der Waals surface area contributed by atoms with Crippen LogP contribution >= 0.6 is 23.1 Å². The van der Waals surface area contributed by atoms with Gasteiger partial charge in [0.05, 0.1) is 5.75 Å². The number of carbonyl (C=O) groups is 1. The molecule has 1 aromatic carbocycles. The Morgan fingerprint density at radius 3 is 2.71 bits per heavy atom. The van der Waals surface area contributed by atoms with E-state index < -0.39 is 0 Å². The fourth-order valence-electron chi connectivity index (χ4n) is 2.98. The lowest BCUT2D eigenvalue weighted by molar-refractivity contribution is -0.113. The van der Waals surface area contributed by atoms with E-state index >= 15 is 0 Å². The van der Waals surface area contributed by atoms with Gasteiger partial charge in [0, 0.05) is 28.1 Å². The summed E-state index contributed by atoms with van der Waals surface area (Å²) in [7, 11) is 0. The number of aromatic nitrogens is 3. The Balaban J connectivity index is 1.70. The molecule has 1 N–H and O–H groups in total. The molecule has 0 fully saturated rings. The van der Waals surface area contributed by atoms with Gasteiger partial charge in [0.2, 0.25) is 5.91 Å². The van der Waals surface area contributed by atoms with E-state index in [-0.39, 0.29) is 5.91 Å². The van der Waals surface area contributed by atoms with E-state index in [0.29, 0.717) is 5.75 Å². The molecule has 0 bridgehead atoms. The van der Waals surface area contributed by atoms with Gasteiger partial charge in [-0.1, -0.05) is 50.7 Å². The van der Waals surface area contributed by atoms with Gasteiger partial charge in [-0.15, -0.1) is 21.5 Å². The van der Waals surface area contributed by atoms with Crippen molar-refractivity contribution in [2.45, 2.75) is 51.7 Å². The van der Waals surface area contributed by atoms with Crippen LogP contribution in [-0.4, -0.2) is 26.4 Å². The van der Waals surface area contributed by atoms with E-state index in [4.69, 9.17) is 0 Å². The second-order valence-corrected chi connectivity index (χ2v) is 8.40. The van der Waals surface area contributed by atoms with Crippen LogP contribution in [0, 0.1) is 0 Å². The molecule has 3 aromatic rings. The molecule has 0 atom stereocenters. The molecular formula is C21H26N4OS2. The minimum absolute atomic E-state index is 0.0256. The fraction of sp³-hybridized carbons (Fsp3) is 0.381. The number of nitrogens with zero attached hydrogens (tertiary/aromatic N) is 3. The summed E-state index contributed by atoms with van der Waals surface area (Å²) >= 11 is 3.19. The first-order valence-corrected chi connectivity index (χ1v) is 11.5. The summed E-state index contributed by atoms with van der Waals surface area (Å²) in [6.07, 6.45) is 2.89. The highest BCUT2D eigenvalue weighted by Crippen LogP contribution is 2.28. The molecule has 0 aliphatic rings. The van der Waals surface area contributed by atoms with Gasteiger partial charge >= 0.3 is 0 Å². The minimum atomic E-state index is -0.0256. The van der Waals surface area contributed by atoms with Crippen molar-refractivity contribution in [3.63, 3.8) is 0 Å². The lowest BCUT2D eigenvalue weighted by Crippen LogP contribution is -2.15. The lowest BCUT2D eigenvalue weighted by atomic mass is 10.1. The lowest BCUT2D eigenvalue weighted by Gasteiger charge is -2.10. The molecule has 0 radical (unpaired) electrons. The summed E-state index contributed by atoms with van der Waals surface area (Å²) < 4.78 is 2.12. The number of para-hydroxylation sites is 1. The van der Waals surface area contributed by atoms with Gasteiger partial charge in [0.25, 0.3) is 0 Å². The van der Waals surface area contributed by atoms with Crippen molar-refractivity contribution in [2.24, 2.45) is 0 Å². The largest absolute Gasteiger partial charge is 0.325 e. The van der Waals surface area contributed by atoms with Crippen molar-refractivity contribution in [3.8, 4) is 11.4 Å². The van der Waals surface area contributed by atoms with Crippen LogP contribution in [0.25, 0.3) is 11.4 Å². The Labute approximate surface area is 174 Å². The van der Waals surface area contributed by atoms with Crippen LogP contribution in [0.3, 0.4) is 0 Å². The van der Waals surface area contributed by atoms with E-state index in [1.807, 2.05) is 24.3 Å². The van der Waals surface area contributed by atoms with Crippen molar-refractivity contribution in [3.05, 3.63) is 46.2 Å². The highest BCUT2D eigenvalue weighted by Gasteiger charge is 2.16. The monoisotopic (exact) mass is 414 g/mol. The number of thioether (sulfide) groups is 1. The maximum Gasteiger partial charge on any atom is 0.234 e. The number of anilines is 1. The molecule has 7 heteroatoms. The van der Waals surface area contributed by atoms with Gasteiger partial charge < -0.3 is 9.88 Å². The zero-order valence-corrected chi connectivity index (χ0v) is 18.2. The van der Waals surface area contributed by atoms with Gasteiger partial charge in [-0.2, -0.15) is 0 Å². The standard InChI is InChI=1S/C21H26N4OS2/c1-4-11-25-20(16-12-17(6-3)27-13-16)23-24-21(25)28-14-19(26)22-18-10-8-7-9-15(18)5-2/h7-10,12-13H,4-6,11,14H2,1-3H3,(H,22,26). The third-order valence-electron chi connectivity index (χ3n) is 4.43. The number of rotatable bonds is 9. The molecule has 148 valence electrons. The fourth-order valence-corrected chi connectivity index (χ4v) is 4.56. The zero-order valence-electron chi connectivity index (χ0n) is 16.6. The average Bonchev–Trinajstić information content (AvgIpc) is 3.34. The number of thiophene rings is 1. The van der Waals surface area contributed by atoms with Gasteiger partial charge in [-0.25, -0.2) is 0 Å². The molecule has 5 nitrogen and oxygen atoms in total. The molecule has 0 saturated carbocycles. The minimum Gasteiger partial charge on any atom is -0.325 e. The molecule has 2 heterocycles. The number of benzene rings is 1. The third-order valence-corrected chi connectivity index (χ3v) is 6.48. The first kappa shape index (κ1) is 20.6. The van der Waals surface area contributed by atoms with Crippen molar-refractivity contribution >= 4 is 34.7 Å². The summed E-state index contributed by atoms with van der Waals surface area (Å²) in [6, 6.07) is 10.1. The van der Waals surface area contributed by atoms with Crippen LogP contribution in [-0.2, 0) is 24.2 Å². The summed E-state index contributed by atoms with van der Waals surface area (Å²) in [5.74, 6) is 1.17. The maximum absolute atomic E-state index is 12.5. The van der Waals surface area contributed by atoms with Crippen molar-refractivity contribution in [1.29, 1.82) is 0 Å². The topological polar surface area (TPSA) is 59.8 Å². The van der Waals surface area contributed by atoms with Crippen LogP contribution < -0.4 is 5.32 Å². The van der Waals surface area contributed by atoms with E-state index in [2.05, 4.69) is 52.3 Å². The molecule has 28 heavy (non-hydrogen) atoms. The highest BCUT2D eigenvalue weighted by atomic mass is 32.2. The van der Waals surface area contributed by atoms with Gasteiger partial charge in [-0.3, -0.25) is 4.79 Å². The number of nitrogens with one attached hydrogen (secondary N) is 1. The van der Waals surface area contributed by atoms with Crippen molar-refractivity contribution in [2.75, 3.05) is 11.1 Å². The molecule has 2 aromatic heterocycles. The molecule has 3 rings (SSSR count). The Hall–Kier alpha value is -2.12. The molecule has 0 aliphatic heterocycles. The van der Waals surface area contributed by atoms with E-state index in [0.717, 1.165) is 53.6 Å². The number of hydrogen-bond acceptors (Lipinski definition) is 5. The van der Waals surface area contributed by atoms with E-state index in [1.54, 1.807) is 11.3 Å². The Kier molecular flexibility index (Phi) is 7.28. The summed E-state index contributed by atoms with van der Waals surface area (Å²) in [4.78, 5) is 13.8. The van der Waals surface area contributed by atoms with Crippen LogP contribution in [0.2, 0.25) is 0 Å².